The Bertz CT molecular complexity index is 415. The monoisotopic (exact) mass is 325 g/mol. The second-order valence-electron chi connectivity index (χ2n) is 5.60. The average Bonchev–Trinajstić information content (AvgIpc) is 3.08. The number of alkyl halides is 1. The van der Waals surface area contributed by atoms with Crippen LogP contribution in [-0.4, -0.2) is 23.3 Å². The molecule has 2 heterocycles. The summed E-state index contributed by atoms with van der Waals surface area (Å²) in [5, 5.41) is 0.779. The van der Waals surface area contributed by atoms with E-state index >= 15 is 0 Å². The number of rotatable bonds is 4. The van der Waals surface area contributed by atoms with E-state index in [0.717, 1.165) is 23.2 Å². The van der Waals surface area contributed by atoms with Crippen LogP contribution in [0.4, 0.5) is 0 Å². The van der Waals surface area contributed by atoms with Gasteiger partial charge in [-0.3, -0.25) is 4.98 Å². The number of pyridine rings is 1. The van der Waals surface area contributed by atoms with Crippen molar-refractivity contribution in [1.29, 1.82) is 0 Å². The van der Waals surface area contributed by atoms with Gasteiger partial charge in [0.15, 0.2) is 0 Å². The maximum absolute atomic E-state index is 6.22. The van der Waals surface area contributed by atoms with Crippen molar-refractivity contribution in [2.24, 2.45) is 0 Å². The highest BCUT2D eigenvalue weighted by Gasteiger charge is 2.42. The summed E-state index contributed by atoms with van der Waals surface area (Å²) in [6, 6.07) is 3.96. The molecule has 1 aliphatic carbocycles. The number of nitrogens with zero attached hydrogens (tertiary/aromatic N) is 1. The van der Waals surface area contributed by atoms with Gasteiger partial charge in [0.25, 0.3) is 0 Å². The fourth-order valence-electron chi connectivity index (χ4n) is 3.16. The van der Waals surface area contributed by atoms with Gasteiger partial charge in [0.2, 0.25) is 0 Å². The van der Waals surface area contributed by atoms with Gasteiger partial charge in [-0.1, -0.05) is 28.8 Å². The van der Waals surface area contributed by atoms with Crippen molar-refractivity contribution in [2.75, 3.05) is 6.61 Å². The minimum Gasteiger partial charge on any atom is -0.489 e. The van der Waals surface area contributed by atoms with Crippen molar-refractivity contribution < 1.29 is 9.47 Å². The molecule has 1 saturated heterocycles. The maximum Gasteiger partial charge on any atom is 0.137 e. The fraction of sp³-hybridized carbons (Fsp3) is 0.667. The van der Waals surface area contributed by atoms with Crippen molar-refractivity contribution in [3.05, 3.63) is 24.0 Å². The van der Waals surface area contributed by atoms with Crippen LogP contribution in [0.3, 0.4) is 0 Å². The van der Waals surface area contributed by atoms with Gasteiger partial charge in [0, 0.05) is 5.33 Å². The van der Waals surface area contributed by atoms with E-state index < -0.39 is 0 Å². The lowest BCUT2D eigenvalue weighted by molar-refractivity contribution is -0.0509. The topological polar surface area (TPSA) is 31.4 Å². The van der Waals surface area contributed by atoms with Crippen LogP contribution in [0.2, 0.25) is 0 Å². The summed E-state index contributed by atoms with van der Waals surface area (Å²) in [5.41, 5.74) is 1.22. The molecule has 2 fully saturated rings. The molecule has 1 aliphatic heterocycles. The second-order valence-corrected chi connectivity index (χ2v) is 6.16. The van der Waals surface area contributed by atoms with Crippen molar-refractivity contribution in [3.8, 4) is 5.75 Å². The van der Waals surface area contributed by atoms with Crippen LogP contribution in [0.5, 0.6) is 5.75 Å². The molecule has 1 spiro atoms. The van der Waals surface area contributed by atoms with Crippen LogP contribution in [-0.2, 0) is 10.1 Å². The van der Waals surface area contributed by atoms with Crippen molar-refractivity contribution in [3.63, 3.8) is 0 Å². The van der Waals surface area contributed by atoms with Gasteiger partial charge >= 0.3 is 0 Å². The SMILES string of the molecule is BrCc1ccc(OCC2CCC3(CCCC3)O2)cn1. The van der Waals surface area contributed by atoms with E-state index in [1.54, 1.807) is 6.20 Å². The quantitative estimate of drug-likeness (QED) is 0.788. The first-order valence-corrected chi connectivity index (χ1v) is 8.23. The summed E-state index contributed by atoms with van der Waals surface area (Å²) in [4.78, 5) is 4.30. The molecule has 104 valence electrons. The Hall–Kier alpha value is -0.610. The lowest BCUT2D eigenvalue weighted by Gasteiger charge is -2.23. The number of hydrogen-bond donors (Lipinski definition) is 0. The summed E-state index contributed by atoms with van der Waals surface area (Å²) in [7, 11) is 0. The van der Waals surface area contributed by atoms with Crippen LogP contribution in [0.25, 0.3) is 0 Å². The molecule has 1 aromatic rings. The Morgan fingerprint density at radius 1 is 1.32 bits per heavy atom. The van der Waals surface area contributed by atoms with E-state index in [1.165, 1.54) is 32.1 Å². The first kappa shape index (κ1) is 13.4. The van der Waals surface area contributed by atoms with Gasteiger partial charge in [-0.05, 0) is 37.8 Å². The zero-order chi connectivity index (χ0) is 13.1. The van der Waals surface area contributed by atoms with Gasteiger partial charge in [-0.25, -0.2) is 0 Å². The third-order valence-corrected chi connectivity index (χ3v) is 4.80. The molecular formula is C15H20BrNO2. The molecule has 2 aliphatic rings. The third-order valence-electron chi connectivity index (χ3n) is 4.22. The summed E-state index contributed by atoms with van der Waals surface area (Å²) >= 11 is 3.39. The minimum absolute atomic E-state index is 0.200. The molecule has 0 N–H and O–H groups in total. The molecule has 0 aromatic carbocycles. The molecule has 0 radical (unpaired) electrons. The fourth-order valence-corrected chi connectivity index (χ4v) is 3.50. The van der Waals surface area contributed by atoms with Crippen LogP contribution in [0.15, 0.2) is 18.3 Å². The lowest BCUT2D eigenvalue weighted by atomic mass is 9.98. The summed E-state index contributed by atoms with van der Waals surface area (Å²) in [6.07, 6.45) is 9.52. The highest BCUT2D eigenvalue weighted by atomic mass is 79.9. The van der Waals surface area contributed by atoms with Crippen molar-refractivity contribution in [2.45, 2.75) is 55.6 Å². The predicted molar refractivity (Wildman–Crippen MR) is 77.7 cm³/mol. The molecule has 4 heteroatoms. The van der Waals surface area contributed by atoms with E-state index in [0.29, 0.717) is 6.61 Å². The first-order valence-electron chi connectivity index (χ1n) is 7.11. The number of aromatic nitrogens is 1. The van der Waals surface area contributed by atoms with Gasteiger partial charge < -0.3 is 9.47 Å². The molecule has 1 saturated carbocycles. The van der Waals surface area contributed by atoms with E-state index in [2.05, 4.69) is 20.9 Å². The maximum atomic E-state index is 6.22. The molecule has 1 atom stereocenters. The zero-order valence-electron chi connectivity index (χ0n) is 11.1. The highest BCUT2D eigenvalue weighted by molar-refractivity contribution is 9.08. The highest BCUT2D eigenvalue weighted by Crippen LogP contribution is 2.43. The summed E-state index contributed by atoms with van der Waals surface area (Å²) in [6.45, 7) is 0.650. The first-order chi connectivity index (χ1) is 9.30. The summed E-state index contributed by atoms with van der Waals surface area (Å²) < 4.78 is 12.0. The number of hydrogen-bond acceptors (Lipinski definition) is 3. The Labute approximate surface area is 122 Å². The normalized spacial score (nSPS) is 25.0. The van der Waals surface area contributed by atoms with Crippen molar-refractivity contribution in [1.82, 2.24) is 4.98 Å². The minimum atomic E-state index is 0.200. The molecule has 1 unspecified atom stereocenters. The molecule has 3 rings (SSSR count). The summed E-state index contributed by atoms with van der Waals surface area (Å²) in [5.74, 6) is 0.834. The van der Waals surface area contributed by atoms with Gasteiger partial charge in [0.1, 0.15) is 12.4 Å². The number of halogens is 1. The Kier molecular flexibility index (Phi) is 4.08. The number of ether oxygens (including phenoxy) is 2. The van der Waals surface area contributed by atoms with Gasteiger partial charge in [-0.2, -0.15) is 0 Å². The smallest absolute Gasteiger partial charge is 0.137 e. The standard InChI is InChI=1S/C15H20BrNO2/c16-9-12-3-4-13(10-17-12)18-11-14-5-8-15(19-14)6-1-2-7-15/h3-4,10,14H,1-2,5-9,11H2. The van der Waals surface area contributed by atoms with Gasteiger partial charge in [-0.15, -0.1) is 0 Å². The molecule has 0 bridgehead atoms. The second kappa shape index (κ2) is 5.80. The zero-order valence-corrected chi connectivity index (χ0v) is 12.7. The van der Waals surface area contributed by atoms with E-state index in [4.69, 9.17) is 9.47 Å². The van der Waals surface area contributed by atoms with Crippen LogP contribution >= 0.6 is 15.9 Å². The largest absolute Gasteiger partial charge is 0.489 e. The Morgan fingerprint density at radius 2 is 2.16 bits per heavy atom. The molecule has 1 aromatic heterocycles. The van der Waals surface area contributed by atoms with Crippen LogP contribution in [0.1, 0.15) is 44.2 Å². The van der Waals surface area contributed by atoms with Gasteiger partial charge in [0.05, 0.1) is 23.6 Å². The third kappa shape index (κ3) is 3.11. The van der Waals surface area contributed by atoms with E-state index in [9.17, 15) is 0 Å². The Morgan fingerprint density at radius 3 is 2.84 bits per heavy atom. The Balaban J connectivity index is 1.49. The predicted octanol–water partition coefficient (Wildman–Crippen LogP) is 3.85. The lowest BCUT2D eigenvalue weighted by Crippen LogP contribution is -2.27. The van der Waals surface area contributed by atoms with Crippen LogP contribution in [0, 0.1) is 0 Å². The van der Waals surface area contributed by atoms with Crippen molar-refractivity contribution >= 4 is 15.9 Å². The molecule has 19 heavy (non-hydrogen) atoms. The van der Waals surface area contributed by atoms with Crippen LogP contribution < -0.4 is 4.74 Å². The molecular weight excluding hydrogens is 306 g/mol. The molecule has 0 amide bonds. The van der Waals surface area contributed by atoms with E-state index in [-0.39, 0.29) is 11.7 Å². The van der Waals surface area contributed by atoms with E-state index in [1.807, 2.05) is 12.1 Å². The average molecular weight is 326 g/mol. The molecule has 3 nitrogen and oxygen atoms in total.